The van der Waals surface area contributed by atoms with Crippen molar-refractivity contribution in [2.45, 2.75) is 45.3 Å². The standard InChI is InChI=1S/C23H26N2O2/c1-15-8-11-18(24(15)3)14-25-16(2)22(20-6-4-5-7-21(20)25)23(27)17-9-12-19(26)13-10-17/h4-7,9-10,12-13,15,18,26H,8,11,14H2,1-3H3. The lowest BCUT2D eigenvalue weighted by atomic mass is 10.0. The molecule has 0 bridgehead atoms. The first-order valence-corrected chi connectivity index (χ1v) is 9.61. The van der Waals surface area contributed by atoms with E-state index in [2.05, 4.69) is 29.5 Å². The molecule has 0 saturated carbocycles. The number of hydrogen-bond acceptors (Lipinski definition) is 3. The molecule has 27 heavy (non-hydrogen) atoms. The van der Waals surface area contributed by atoms with Gasteiger partial charge in [0.1, 0.15) is 5.75 Å². The lowest BCUT2D eigenvalue weighted by Gasteiger charge is -2.24. The Hall–Kier alpha value is -2.59. The Morgan fingerprint density at radius 1 is 1.11 bits per heavy atom. The fourth-order valence-electron chi connectivity index (χ4n) is 4.34. The van der Waals surface area contributed by atoms with E-state index in [0.717, 1.165) is 28.7 Å². The molecule has 0 radical (unpaired) electrons. The van der Waals surface area contributed by atoms with Gasteiger partial charge in [-0.3, -0.25) is 9.69 Å². The molecule has 1 N–H and O–H groups in total. The van der Waals surface area contributed by atoms with Crippen molar-refractivity contribution in [3.63, 3.8) is 0 Å². The van der Waals surface area contributed by atoms with Gasteiger partial charge in [0.2, 0.25) is 0 Å². The highest BCUT2D eigenvalue weighted by Gasteiger charge is 2.29. The lowest BCUT2D eigenvalue weighted by molar-refractivity contribution is 0.103. The Morgan fingerprint density at radius 2 is 1.81 bits per heavy atom. The van der Waals surface area contributed by atoms with Crippen molar-refractivity contribution >= 4 is 16.7 Å². The number of rotatable bonds is 4. The van der Waals surface area contributed by atoms with Crippen molar-refractivity contribution in [1.29, 1.82) is 0 Å². The van der Waals surface area contributed by atoms with Crippen LogP contribution in [0.1, 0.15) is 41.4 Å². The highest BCUT2D eigenvalue weighted by molar-refractivity contribution is 6.17. The summed E-state index contributed by atoms with van der Waals surface area (Å²) in [5.74, 6) is 0.180. The van der Waals surface area contributed by atoms with E-state index in [9.17, 15) is 9.90 Å². The largest absolute Gasteiger partial charge is 0.508 e. The van der Waals surface area contributed by atoms with E-state index in [0.29, 0.717) is 17.6 Å². The summed E-state index contributed by atoms with van der Waals surface area (Å²) in [6.45, 7) is 5.22. The Labute approximate surface area is 160 Å². The third kappa shape index (κ3) is 3.04. The smallest absolute Gasteiger partial charge is 0.195 e. The molecule has 3 aromatic rings. The Kier molecular flexibility index (Phi) is 4.52. The van der Waals surface area contributed by atoms with Crippen LogP contribution in [0, 0.1) is 6.92 Å². The minimum atomic E-state index is 0.00981. The highest BCUT2D eigenvalue weighted by atomic mass is 16.3. The van der Waals surface area contributed by atoms with E-state index in [1.165, 1.54) is 12.8 Å². The first-order chi connectivity index (χ1) is 13.0. The second kappa shape index (κ2) is 6.86. The maximum absolute atomic E-state index is 13.3. The average Bonchev–Trinajstić information content (AvgIpc) is 3.13. The Morgan fingerprint density at radius 3 is 2.48 bits per heavy atom. The van der Waals surface area contributed by atoms with E-state index < -0.39 is 0 Å². The number of fused-ring (bicyclic) bond motifs is 1. The average molecular weight is 362 g/mol. The lowest BCUT2D eigenvalue weighted by Crippen LogP contribution is -2.33. The quantitative estimate of drug-likeness (QED) is 0.701. The molecular formula is C23H26N2O2. The van der Waals surface area contributed by atoms with Crippen LogP contribution in [0.5, 0.6) is 5.75 Å². The number of para-hydroxylation sites is 1. The molecule has 0 aliphatic carbocycles. The summed E-state index contributed by atoms with van der Waals surface area (Å²) in [4.78, 5) is 15.7. The van der Waals surface area contributed by atoms with Gasteiger partial charge < -0.3 is 9.67 Å². The van der Waals surface area contributed by atoms with Crippen LogP contribution in [0.25, 0.3) is 10.9 Å². The molecule has 1 fully saturated rings. The van der Waals surface area contributed by atoms with Gasteiger partial charge in [-0.2, -0.15) is 0 Å². The first kappa shape index (κ1) is 17.8. The van der Waals surface area contributed by atoms with E-state index >= 15 is 0 Å². The number of aromatic nitrogens is 1. The number of nitrogens with zero attached hydrogens (tertiary/aromatic N) is 2. The van der Waals surface area contributed by atoms with Crippen LogP contribution in [0.2, 0.25) is 0 Å². The zero-order valence-corrected chi connectivity index (χ0v) is 16.1. The number of likely N-dealkylation sites (N-methyl/N-ethyl adjacent to an activating group) is 1. The molecule has 4 rings (SSSR count). The summed E-state index contributed by atoms with van der Waals surface area (Å²) in [6, 6.07) is 15.8. The Balaban J connectivity index is 1.79. The number of aromatic hydroxyl groups is 1. The molecule has 4 heteroatoms. The normalized spacial score (nSPS) is 20.4. The van der Waals surface area contributed by atoms with Gasteiger partial charge in [0, 0.05) is 40.8 Å². The maximum atomic E-state index is 13.3. The summed E-state index contributed by atoms with van der Waals surface area (Å²) in [5, 5.41) is 10.5. The van der Waals surface area contributed by atoms with Gasteiger partial charge >= 0.3 is 0 Å². The summed E-state index contributed by atoms with van der Waals surface area (Å²) < 4.78 is 2.31. The zero-order valence-electron chi connectivity index (χ0n) is 16.1. The third-order valence-electron chi connectivity index (χ3n) is 6.17. The van der Waals surface area contributed by atoms with Crippen molar-refractivity contribution in [2.24, 2.45) is 0 Å². The molecule has 0 spiro atoms. The monoisotopic (exact) mass is 362 g/mol. The van der Waals surface area contributed by atoms with Crippen molar-refractivity contribution in [2.75, 3.05) is 7.05 Å². The molecule has 1 aromatic heterocycles. The number of hydrogen-bond donors (Lipinski definition) is 1. The SMILES string of the molecule is Cc1c(C(=O)c2ccc(O)cc2)c2ccccc2n1CC1CCC(C)N1C. The summed E-state index contributed by atoms with van der Waals surface area (Å²) in [7, 11) is 2.20. The number of benzene rings is 2. The van der Waals surface area contributed by atoms with Crippen LogP contribution in [0.4, 0.5) is 0 Å². The minimum Gasteiger partial charge on any atom is -0.508 e. The predicted molar refractivity (Wildman–Crippen MR) is 108 cm³/mol. The summed E-state index contributed by atoms with van der Waals surface area (Å²) >= 11 is 0. The van der Waals surface area contributed by atoms with E-state index in [1.54, 1.807) is 24.3 Å². The molecule has 1 aliphatic heterocycles. The van der Waals surface area contributed by atoms with Crippen LogP contribution < -0.4 is 0 Å². The summed E-state index contributed by atoms with van der Waals surface area (Å²) in [5.41, 5.74) is 3.50. The number of carbonyl (C=O) groups is 1. The predicted octanol–water partition coefficient (Wildman–Crippen LogP) is 4.37. The van der Waals surface area contributed by atoms with Gasteiger partial charge in [0.25, 0.3) is 0 Å². The van der Waals surface area contributed by atoms with Gasteiger partial charge in [-0.05, 0) is 64.1 Å². The van der Waals surface area contributed by atoms with Crippen LogP contribution in [0.3, 0.4) is 0 Å². The Bertz CT molecular complexity index is 988. The van der Waals surface area contributed by atoms with E-state index in [4.69, 9.17) is 0 Å². The second-order valence-corrected chi connectivity index (χ2v) is 7.71. The van der Waals surface area contributed by atoms with Gasteiger partial charge in [-0.1, -0.05) is 18.2 Å². The molecule has 1 saturated heterocycles. The number of phenolic OH excluding ortho intramolecular Hbond substituents is 1. The first-order valence-electron chi connectivity index (χ1n) is 9.61. The molecular weight excluding hydrogens is 336 g/mol. The number of carbonyl (C=O) groups excluding carboxylic acids is 1. The molecule has 2 aromatic carbocycles. The van der Waals surface area contributed by atoms with Crippen molar-refractivity contribution < 1.29 is 9.90 Å². The van der Waals surface area contributed by atoms with Gasteiger partial charge in [-0.15, -0.1) is 0 Å². The van der Waals surface area contributed by atoms with E-state index in [-0.39, 0.29) is 11.5 Å². The van der Waals surface area contributed by atoms with Gasteiger partial charge in [0.15, 0.2) is 5.78 Å². The fraction of sp³-hybridized carbons (Fsp3) is 0.348. The topological polar surface area (TPSA) is 45.5 Å². The number of phenols is 1. The van der Waals surface area contributed by atoms with Crippen LogP contribution in [-0.4, -0.2) is 39.5 Å². The highest BCUT2D eigenvalue weighted by Crippen LogP contribution is 2.31. The molecule has 2 heterocycles. The van der Waals surface area contributed by atoms with Crippen molar-refractivity contribution in [1.82, 2.24) is 9.47 Å². The summed E-state index contributed by atoms with van der Waals surface area (Å²) in [6.07, 6.45) is 2.41. The molecule has 2 atom stereocenters. The molecule has 4 nitrogen and oxygen atoms in total. The molecule has 2 unspecified atom stereocenters. The number of likely N-dealkylation sites (tertiary alicyclic amines) is 1. The van der Waals surface area contributed by atoms with Crippen molar-refractivity contribution in [3.05, 3.63) is 65.4 Å². The molecule has 1 aliphatic rings. The van der Waals surface area contributed by atoms with Crippen molar-refractivity contribution in [3.8, 4) is 5.75 Å². The zero-order chi connectivity index (χ0) is 19.1. The van der Waals surface area contributed by atoms with Gasteiger partial charge in [0.05, 0.1) is 5.56 Å². The molecule has 0 amide bonds. The van der Waals surface area contributed by atoms with Gasteiger partial charge in [-0.25, -0.2) is 0 Å². The molecule has 140 valence electrons. The minimum absolute atomic E-state index is 0.00981. The van der Waals surface area contributed by atoms with Crippen LogP contribution in [0.15, 0.2) is 48.5 Å². The van der Waals surface area contributed by atoms with Crippen LogP contribution >= 0.6 is 0 Å². The maximum Gasteiger partial charge on any atom is 0.195 e. The third-order valence-corrected chi connectivity index (χ3v) is 6.17. The fourth-order valence-corrected chi connectivity index (χ4v) is 4.34. The second-order valence-electron chi connectivity index (χ2n) is 7.71. The number of ketones is 1. The van der Waals surface area contributed by atoms with Crippen LogP contribution in [-0.2, 0) is 6.54 Å². The van der Waals surface area contributed by atoms with E-state index in [1.807, 2.05) is 25.1 Å².